The molecular weight excluding hydrogens is 411 g/mol. The molecule has 0 saturated carbocycles. The first-order chi connectivity index (χ1) is 10.9. The van der Waals surface area contributed by atoms with Gasteiger partial charge in [0.1, 0.15) is 0 Å². The Bertz CT molecular complexity index is 245. The summed E-state index contributed by atoms with van der Waals surface area (Å²) in [6, 6.07) is 0. The van der Waals surface area contributed by atoms with Gasteiger partial charge in [-0.25, -0.2) is 0 Å². The van der Waals surface area contributed by atoms with Gasteiger partial charge in [-0.1, -0.05) is 84.0 Å². The molecule has 0 aromatic carbocycles. The van der Waals surface area contributed by atoms with Gasteiger partial charge in [0, 0.05) is 5.25 Å². The predicted octanol–water partition coefficient (Wildman–Crippen LogP) is 5.50. The van der Waals surface area contributed by atoms with Gasteiger partial charge in [0.2, 0.25) is 0 Å². The zero-order chi connectivity index (χ0) is 17.9. The van der Waals surface area contributed by atoms with Crippen molar-refractivity contribution in [2.45, 2.75) is 110 Å². The zero-order valence-electron chi connectivity index (χ0n) is 16.0. The molecule has 0 radical (unpaired) electrons. The molecule has 0 aromatic heterocycles. The van der Waals surface area contributed by atoms with Gasteiger partial charge in [0.25, 0.3) is 0 Å². The average Bonchev–Trinajstić information content (AvgIpc) is 2.47. The van der Waals surface area contributed by atoms with Crippen LogP contribution in [0.25, 0.3) is 0 Å². The minimum absolute atomic E-state index is 0.543. The van der Waals surface area contributed by atoms with Gasteiger partial charge >= 0.3 is 34.6 Å². The van der Waals surface area contributed by atoms with E-state index in [4.69, 9.17) is 0 Å². The molecule has 0 aromatic rings. The number of hydrogen-bond donors (Lipinski definition) is 1. The van der Waals surface area contributed by atoms with Crippen molar-refractivity contribution in [1.29, 1.82) is 0 Å². The number of rotatable bonds is 14. The molecule has 0 fully saturated rings. The molecule has 0 aliphatic carbocycles. The zero-order valence-corrected chi connectivity index (χ0v) is 19.8. The number of carbonyl (C=O) groups excluding carboxylic acids is 1. The summed E-state index contributed by atoms with van der Waals surface area (Å²) in [6.07, 6.45) is 16.2. The topological polar surface area (TPSA) is 40.1 Å². The summed E-state index contributed by atoms with van der Waals surface area (Å²) in [4.78, 5) is 17.5. The van der Waals surface area contributed by atoms with E-state index in [0.29, 0.717) is 6.42 Å². The van der Waals surface area contributed by atoms with Gasteiger partial charge in [-0.05, 0) is 6.42 Å². The third-order valence-electron chi connectivity index (χ3n) is 3.60. The quantitative estimate of drug-likeness (QED) is 0.215. The summed E-state index contributed by atoms with van der Waals surface area (Å²) in [7, 11) is 0. The minimum atomic E-state index is -1.04. The molecule has 23 heavy (non-hydrogen) atoms. The number of carboxylic acid groups (broad SMARTS) is 1. The fourth-order valence-corrected chi connectivity index (χ4v) is 2.48. The second-order valence-corrected chi connectivity index (χ2v) is 16.2. The van der Waals surface area contributed by atoms with Crippen molar-refractivity contribution < 1.29 is 9.90 Å². The van der Waals surface area contributed by atoms with Crippen LogP contribution in [0.4, 0.5) is 0 Å². The molecule has 138 valence electrons. The first-order valence-corrected chi connectivity index (χ1v) is 18.6. The summed E-state index contributed by atoms with van der Waals surface area (Å²) in [6.45, 7) is 2.25. The van der Waals surface area contributed by atoms with Gasteiger partial charge in [-0.15, -0.1) is 0 Å². The maximum absolute atomic E-state index is 10.4. The molecule has 0 saturated heterocycles. The number of carbonyl (C=O) groups is 1. The SMILES string of the molecule is CCCCCCCCCCCCCCC(S)C(=O)[O-].[CH3][Sn+]([CH3])[CH3]. The second-order valence-electron chi connectivity index (χ2n) is 7.01. The van der Waals surface area contributed by atoms with Gasteiger partial charge in [0.05, 0.1) is 5.97 Å². The van der Waals surface area contributed by atoms with Crippen molar-refractivity contribution in [2.24, 2.45) is 0 Å². The van der Waals surface area contributed by atoms with E-state index in [1.54, 1.807) is 0 Å². The van der Waals surface area contributed by atoms with E-state index in [1.165, 1.54) is 64.2 Å². The van der Waals surface area contributed by atoms with E-state index >= 15 is 0 Å². The average molecular weight is 451 g/mol. The molecule has 0 bridgehead atoms. The molecule has 0 rings (SSSR count). The molecule has 0 aliphatic rings. The Hall–Kier alpha value is 0.619. The Morgan fingerprint density at radius 2 is 1.13 bits per heavy atom. The summed E-state index contributed by atoms with van der Waals surface area (Å²) in [5, 5.41) is 9.86. The van der Waals surface area contributed by atoms with Crippen LogP contribution < -0.4 is 5.11 Å². The van der Waals surface area contributed by atoms with Crippen molar-refractivity contribution in [2.75, 3.05) is 0 Å². The van der Waals surface area contributed by atoms with Crippen molar-refractivity contribution in [3.8, 4) is 0 Å². The summed E-state index contributed by atoms with van der Waals surface area (Å²) < 4.78 is 0. The third-order valence-corrected chi connectivity index (χ3v) is 4.07. The molecule has 4 heteroatoms. The normalized spacial score (nSPS) is 11.5. The van der Waals surface area contributed by atoms with Crippen LogP contribution in [0.2, 0.25) is 14.8 Å². The molecule has 0 amide bonds. The van der Waals surface area contributed by atoms with Gasteiger partial charge in [-0.2, -0.15) is 12.6 Å². The fraction of sp³-hybridized carbons (Fsp3) is 0.947. The van der Waals surface area contributed by atoms with Gasteiger partial charge < -0.3 is 9.90 Å². The van der Waals surface area contributed by atoms with Crippen molar-refractivity contribution in [1.82, 2.24) is 0 Å². The molecule has 0 spiro atoms. The number of carboxylic acids is 1. The van der Waals surface area contributed by atoms with E-state index in [2.05, 4.69) is 34.4 Å². The molecule has 1 atom stereocenters. The summed E-state index contributed by atoms with van der Waals surface area (Å²) >= 11 is 3.43. The molecule has 0 N–H and O–H groups in total. The molecule has 0 aliphatic heterocycles. The fourth-order valence-electron chi connectivity index (χ4n) is 2.30. The number of thiol groups is 1. The Labute approximate surface area is 158 Å². The second kappa shape index (κ2) is 20.7. The maximum atomic E-state index is 10.4. The number of hydrogen-bond acceptors (Lipinski definition) is 3. The molecule has 0 heterocycles. The summed E-state index contributed by atoms with van der Waals surface area (Å²) in [5.74, 6) is -1.04. The van der Waals surface area contributed by atoms with Crippen LogP contribution in [0.15, 0.2) is 0 Å². The van der Waals surface area contributed by atoms with Crippen LogP contribution in [0, 0.1) is 0 Å². The Kier molecular flexibility index (Phi) is 23.2. The summed E-state index contributed by atoms with van der Waals surface area (Å²) in [5.41, 5.74) is 0. The van der Waals surface area contributed by atoms with Crippen LogP contribution in [0.3, 0.4) is 0 Å². The van der Waals surface area contributed by atoms with Crippen molar-refractivity contribution in [3.63, 3.8) is 0 Å². The van der Waals surface area contributed by atoms with Crippen LogP contribution in [-0.4, -0.2) is 31.0 Å². The Morgan fingerprint density at radius 3 is 1.43 bits per heavy atom. The van der Waals surface area contributed by atoms with E-state index in [-0.39, 0.29) is 0 Å². The first-order valence-electron chi connectivity index (χ1n) is 9.57. The molecule has 2 nitrogen and oxygen atoms in total. The van der Waals surface area contributed by atoms with Crippen molar-refractivity contribution in [3.05, 3.63) is 0 Å². The van der Waals surface area contributed by atoms with E-state index in [1.807, 2.05) is 0 Å². The van der Waals surface area contributed by atoms with E-state index in [0.717, 1.165) is 12.8 Å². The van der Waals surface area contributed by atoms with E-state index in [9.17, 15) is 9.90 Å². The Morgan fingerprint density at radius 1 is 0.826 bits per heavy atom. The van der Waals surface area contributed by atoms with Gasteiger partial charge in [-0.3, -0.25) is 0 Å². The van der Waals surface area contributed by atoms with Gasteiger partial charge in [0.15, 0.2) is 0 Å². The van der Waals surface area contributed by atoms with Crippen LogP contribution in [0.1, 0.15) is 90.4 Å². The van der Waals surface area contributed by atoms with Crippen LogP contribution in [0.5, 0.6) is 0 Å². The van der Waals surface area contributed by atoms with Crippen LogP contribution in [-0.2, 0) is 4.79 Å². The standard InChI is InChI=1S/C16H32O2S.3CH3.Sn/c1-2-3-4-5-6-7-8-9-10-11-12-13-14-15(19)16(17)18;;;;/h15,19H,2-14H2,1H3,(H,17,18);3*1H3;/q;;;;+1/p-1. The Balaban J connectivity index is 0. The molecule has 1 unspecified atom stereocenters. The first kappa shape index (κ1) is 25.9. The number of unbranched alkanes of at least 4 members (excludes halogenated alkanes) is 11. The van der Waals surface area contributed by atoms with E-state index < -0.39 is 31.0 Å². The predicted molar refractivity (Wildman–Crippen MR) is 107 cm³/mol. The third kappa shape index (κ3) is 27.7. The van der Waals surface area contributed by atoms with Crippen molar-refractivity contribution >= 4 is 38.4 Å². The number of aliphatic carboxylic acids is 1. The monoisotopic (exact) mass is 452 g/mol. The van der Waals surface area contributed by atoms with Crippen LogP contribution >= 0.6 is 12.6 Å². The molecular formula is C19H40O2SSn.